The standard InChI is InChI=1S/C24H23Cl2N3O3S/c1-28-24(32-15-21(30)16-5-3-2-4-6-16)18(13-27-28)23(31)17-7-8-20(25)19(22(17)26)14-29-9-11-33-12-10-29/h2-8,13H,9-12,14-15H2,1H3. The van der Waals surface area contributed by atoms with Crippen LogP contribution in [-0.4, -0.2) is 57.4 Å². The van der Waals surface area contributed by atoms with Gasteiger partial charge in [-0.15, -0.1) is 0 Å². The van der Waals surface area contributed by atoms with Crippen LogP contribution in [0, 0.1) is 0 Å². The lowest BCUT2D eigenvalue weighted by Crippen LogP contribution is -2.32. The Balaban J connectivity index is 1.56. The third-order valence-electron chi connectivity index (χ3n) is 5.48. The molecule has 0 spiro atoms. The van der Waals surface area contributed by atoms with Gasteiger partial charge in [-0.2, -0.15) is 16.9 Å². The van der Waals surface area contributed by atoms with Crippen molar-refractivity contribution in [3.8, 4) is 5.88 Å². The Bertz CT molecular complexity index is 1160. The molecule has 0 amide bonds. The summed E-state index contributed by atoms with van der Waals surface area (Å²) in [5.41, 5.74) is 1.84. The van der Waals surface area contributed by atoms with E-state index in [1.165, 1.54) is 10.9 Å². The van der Waals surface area contributed by atoms with E-state index in [1.54, 1.807) is 43.4 Å². The summed E-state index contributed by atoms with van der Waals surface area (Å²) in [7, 11) is 1.66. The van der Waals surface area contributed by atoms with Crippen LogP contribution in [0.1, 0.15) is 31.8 Å². The van der Waals surface area contributed by atoms with Gasteiger partial charge in [0.1, 0.15) is 5.56 Å². The average Bonchev–Trinajstić information content (AvgIpc) is 3.21. The van der Waals surface area contributed by atoms with Gasteiger partial charge in [-0.3, -0.25) is 14.5 Å². The van der Waals surface area contributed by atoms with Crippen LogP contribution in [0.15, 0.2) is 48.7 Å². The predicted molar refractivity (Wildman–Crippen MR) is 132 cm³/mol. The number of halogens is 2. The molecule has 0 aliphatic carbocycles. The van der Waals surface area contributed by atoms with Crippen LogP contribution in [0.3, 0.4) is 0 Å². The fraction of sp³-hybridized carbons (Fsp3) is 0.292. The molecular formula is C24H23Cl2N3O3S. The molecule has 33 heavy (non-hydrogen) atoms. The number of rotatable bonds is 8. The van der Waals surface area contributed by atoms with E-state index in [9.17, 15) is 9.59 Å². The number of ketones is 2. The monoisotopic (exact) mass is 503 g/mol. The van der Waals surface area contributed by atoms with Crippen LogP contribution in [0.4, 0.5) is 0 Å². The summed E-state index contributed by atoms with van der Waals surface area (Å²) >= 11 is 15.1. The number of thioether (sulfide) groups is 1. The van der Waals surface area contributed by atoms with Crippen molar-refractivity contribution in [2.45, 2.75) is 6.54 Å². The zero-order valence-electron chi connectivity index (χ0n) is 18.1. The van der Waals surface area contributed by atoms with Gasteiger partial charge in [0.05, 0.1) is 11.2 Å². The maximum Gasteiger partial charge on any atom is 0.223 e. The quantitative estimate of drug-likeness (QED) is 0.412. The minimum atomic E-state index is -0.331. The van der Waals surface area contributed by atoms with Crippen LogP contribution in [-0.2, 0) is 13.6 Å². The molecule has 4 rings (SSSR count). The van der Waals surface area contributed by atoms with E-state index in [2.05, 4.69) is 10.00 Å². The molecule has 2 aromatic carbocycles. The largest absolute Gasteiger partial charge is 0.469 e. The highest BCUT2D eigenvalue weighted by molar-refractivity contribution is 7.99. The lowest BCUT2D eigenvalue weighted by atomic mass is 10.0. The van der Waals surface area contributed by atoms with Gasteiger partial charge in [-0.05, 0) is 12.1 Å². The number of carbonyl (C=O) groups is 2. The van der Waals surface area contributed by atoms with Gasteiger partial charge in [-0.25, -0.2) is 4.68 Å². The predicted octanol–water partition coefficient (Wildman–Crippen LogP) is 4.77. The molecule has 172 valence electrons. The summed E-state index contributed by atoms with van der Waals surface area (Å²) in [6.45, 7) is 2.27. The highest BCUT2D eigenvalue weighted by Gasteiger charge is 2.25. The second-order valence-corrected chi connectivity index (χ2v) is 9.68. The summed E-state index contributed by atoms with van der Waals surface area (Å²) in [6.07, 6.45) is 1.43. The van der Waals surface area contributed by atoms with E-state index in [4.69, 9.17) is 27.9 Å². The van der Waals surface area contributed by atoms with Gasteiger partial charge in [0.15, 0.2) is 12.4 Å². The maximum absolute atomic E-state index is 13.4. The molecule has 0 radical (unpaired) electrons. The summed E-state index contributed by atoms with van der Waals surface area (Å²) in [4.78, 5) is 28.1. The van der Waals surface area contributed by atoms with Crippen molar-refractivity contribution in [1.29, 1.82) is 0 Å². The van der Waals surface area contributed by atoms with E-state index in [-0.39, 0.29) is 29.6 Å². The van der Waals surface area contributed by atoms with Gasteiger partial charge in [0, 0.05) is 59.9 Å². The molecule has 0 unspecified atom stereocenters. The number of benzene rings is 2. The molecule has 3 aromatic rings. The third-order valence-corrected chi connectivity index (χ3v) is 7.21. The summed E-state index contributed by atoms with van der Waals surface area (Å²) in [6, 6.07) is 12.2. The molecule has 0 N–H and O–H groups in total. The Kier molecular flexibility index (Phi) is 7.75. The van der Waals surface area contributed by atoms with Crippen molar-refractivity contribution < 1.29 is 14.3 Å². The Hall–Kier alpha value is -2.32. The van der Waals surface area contributed by atoms with E-state index in [1.807, 2.05) is 17.8 Å². The molecule has 9 heteroatoms. The van der Waals surface area contributed by atoms with Gasteiger partial charge >= 0.3 is 0 Å². The average molecular weight is 504 g/mol. The Morgan fingerprint density at radius 1 is 1.06 bits per heavy atom. The van der Waals surface area contributed by atoms with Gasteiger partial charge < -0.3 is 4.74 Å². The highest BCUT2D eigenvalue weighted by Crippen LogP contribution is 2.33. The first-order valence-corrected chi connectivity index (χ1v) is 12.4. The molecule has 1 fully saturated rings. The maximum atomic E-state index is 13.4. The van der Waals surface area contributed by atoms with Gasteiger partial charge in [0.2, 0.25) is 11.7 Å². The number of hydrogen-bond donors (Lipinski definition) is 0. The summed E-state index contributed by atoms with van der Waals surface area (Å²) < 4.78 is 7.16. The second kappa shape index (κ2) is 10.7. The van der Waals surface area contributed by atoms with Crippen molar-refractivity contribution in [1.82, 2.24) is 14.7 Å². The van der Waals surface area contributed by atoms with Crippen LogP contribution in [0.25, 0.3) is 0 Å². The van der Waals surface area contributed by atoms with Crippen LogP contribution >= 0.6 is 35.0 Å². The number of hydrogen-bond acceptors (Lipinski definition) is 6. The number of Topliss-reactive ketones (excluding diaryl/α,β-unsaturated/α-hetero) is 1. The minimum absolute atomic E-state index is 0.193. The van der Waals surface area contributed by atoms with Crippen molar-refractivity contribution in [3.05, 3.63) is 81.0 Å². The van der Waals surface area contributed by atoms with Crippen molar-refractivity contribution in [2.24, 2.45) is 7.05 Å². The minimum Gasteiger partial charge on any atom is -0.469 e. The number of nitrogens with zero attached hydrogens (tertiary/aromatic N) is 3. The molecule has 1 aromatic heterocycles. The Morgan fingerprint density at radius 2 is 1.79 bits per heavy atom. The number of ether oxygens (including phenoxy) is 1. The van der Waals surface area contributed by atoms with Crippen LogP contribution in [0.2, 0.25) is 10.0 Å². The van der Waals surface area contributed by atoms with E-state index >= 15 is 0 Å². The summed E-state index contributed by atoms with van der Waals surface area (Å²) in [5.74, 6) is 1.81. The lowest BCUT2D eigenvalue weighted by Gasteiger charge is -2.27. The number of aryl methyl sites for hydroxylation is 1. The fourth-order valence-corrected chi connectivity index (χ4v) is 5.20. The molecule has 2 heterocycles. The molecule has 0 saturated carbocycles. The Labute approximate surface area is 206 Å². The molecule has 1 aliphatic rings. The van der Waals surface area contributed by atoms with Crippen molar-refractivity contribution >= 4 is 46.5 Å². The van der Waals surface area contributed by atoms with Gasteiger partial charge in [-0.1, -0.05) is 53.5 Å². The van der Waals surface area contributed by atoms with Crippen molar-refractivity contribution in [2.75, 3.05) is 31.2 Å². The number of aromatic nitrogens is 2. The Morgan fingerprint density at radius 3 is 2.52 bits per heavy atom. The zero-order valence-corrected chi connectivity index (χ0v) is 20.4. The number of carbonyl (C=O) groups excluding carboxylic acids is 2. The second-order valence-electron chi connectivity index (χ2n) is 7.67. The molecule has 6 nitrogen and oxygen atoms in total. The van der Waals surface area contributed by atoms with Crippen molar-refractivity contribution in [3.63, 3.8) is 0 Å². The third kappa shape index (κ3) is 5.44. The first-order valence-electron chi connectivity index (χ1n) is 10.5. The fourth-order valence-electron chi connectivity index (χ4n) is 3.64. The molecule has 1 aliphatic heterocycles. The lowest BCUT2D eigenvalue weighted by molar-refractivity contribution is 0.0908. The molecule has 0 atom stereocenters. The van der Waals surface area contributed by atoms with E-state index < -0.39 is 0 Å². The topological polar surface area (TPSA) is 64.4 Å². The molecule has 1 saturated heterocycles. The smallest absolute Gasteiger partial charge is 0.223 e. The molecular weight excluding hydrogens is 481 g/mol. The first-order chi connectivity index (χ1) is 16.0. The van der Waals surface area contributed by atoms with Gasteiger partial charge in [0.25, 0.3) is 0 Å². The van der Waals surface area contributed by atoms with E-state index in [0.717, 1.165) is 30.2 Å². The first kappa shape index (κ1) is 23.8. The summed E-state index contributed by atoms with van der Waals surface area (Å²) in [5, 5.41) is 5.02. The zero-order chi connectivity index (χ0) is 23.4. The highest BCUT2D eigenvalue weighted by atomic mass is 35.5. The SMILES string of the molecule is Cn1ncc(C(=O)c2ccc(Cl)c(CN3CCSCC3)c2Cl)c1OCC(=O)c1ccccc1. The van der Waals surface area contributed by atoms with Crippen LogP contribution < -0.4 is 4.74 Å². The van der Waals surface area contributed by atoms with E-state index in [0.29, 0.717) is 27.7 Å². The normalized spacial score (nSPS) is 14.3. The molecule has 0 bridgehead atoms. The van der Waals surface area contributed by atoms with Crippen LogP contribution in [0.5, 0.6) is 5.88 Å².